The Hall–Kier alpha value is -2.67. The summed E-state index contributed by atoms with van der Waals surface area (Å²) in [5.41, 5.74) is 2.80. The topological polar surface area (TPSA) is 64.4 Å². The van der Waals surface area contributed by atoms with E-state index in [1.54, 1.807) is 23.2 Å². The molecular weight excluding hydrogens is 398 g/mol. The maximum absolute atomic E-state index is 13.7. The van der Waals surface area contributed by atoms with Crippen molar-refractivity contribution in [3.05, 3.63) is 46.2 Å². The van der Waals surface area contributed by atoms with Crippen molar-refractivity contribution in [3.8, 4) is 0 Å². The smallest absolute Gasteiger partial charge is 0.321 e. The molecule has 1 amide bonds. The van der Waals surface area contributed by atoms with E-state index >= 15 is 0 Å². The molecule has 0 fully saturated rings. The van der Waals surface area contributed by atoms with Gasteiger partial charge in [0.25, 0.3) is 0 Å². The van der Waals surface area contributed by atoms with Crippen LogP contribution in [0.5, 0.6) is 0 Å². The first-order chi connectivity index (χ1) is 14.4. The second-order valence-electron chi connectivity index (χ2n) is 8.09. The molecule has 0 bridgehead atoms. The van der Waals surface area contributed by atoms with Gasteiger partial charge in [-0.3, -0.25) is 19.1 Å². The van der Waals surface area contributed by atoms with Crippen LogP contribution in [-0.2, 0) is 14.3 Å². The lowest BCUT2D eigenvalue weighted by atomic mass is 9.92. The van der Waals surface area contributed by atoms with Crippen LogP contribution in [0.4, 0.5) is 5.95 Å². The van der Waals surface area contributed by atoms with E-state index in [0.717, 1.165) is 27.9 Å². The Kier molecular flexibility index (Phi) is 5.64. The van der Waals surface area contributed by atoms with Crippen LogP contribution >= 0.6 is 11.3 Å². The fourth-order valence-corrected chi connectivity index (χ4v) is 5.12. The average Bonchev–Trinajstić information content (AvgIpc) is 3.30. The third-order valence-corrected chi connectivity index (χ3v) is 6.68. The third-order valence-electron chi connectivity index (χ3n) is 5.59. The first-order valence-electron chi connectivity index (χ1n) is 10.4. The normalized spacial score (nSPS) is 18.8. The summed E-state index contributed by atoms with van der Waals surface area (Å²) < 4.78 is 7.45. The van der Waals surface area contributed by atoms with Crippen LogP contribution in [0.1, 0.15) is 43.7 Å². The number of hydrogen-bond acceptors (Lipinski definition) is 5. The number of aryl methyl sites for hydroxylation is 1. The lowest BCUT2D eigenvalue weighted by Gasteiger charge is -2.37. The minimum atomic E-state index is -0.931. The van der Waals surface area contributed by atoms with Gasteiger partial charge in [0.1, 0.15) is 0 Å². The van der Waals surface area contributed by atoms with Gasteiger partial charge in [-0.05, 0) is 55.3 Å². The van der Waals surface area contributed by atoms with Crippen LogP contribution in [0.3, 0.4) is 0 Å². The Morgan fingerprint density at radius 3 is 2.70 bits per heavy atom. The van der Waals surface area contributed by atoms with E-state index in [2.05, 4.69) is 18.4 Å². The van der Waals surface area contributed by atoms with Crippen molar-refractivity contribution in [1.29, 1.82) is 0 Å². The van der Waals surface area contributed by atoms with Gasteiger partial charge in [0.2, 0.25) is 11.9 Å². The van der Waals surface area contributed by atoms with Gasteiger partial charge in [-0.1, -0.05) is 26.0 Å². The van der Waals surface area contributed by atoms with Gasteiger partial charge in [0.05, 0.1) is 23.7 Å². The highest BCUT2D eigenvalue weighted by molar-refractivity contribution is 7.10. The Morgan fingerprint density at radius 2 is 2.03 bits per heavy atom. The van der Waals surface area contributed by atoms with Gasteiger partial charge in [0.15, 0.2) is 5.92 Å². The Balaban J connectivity index is 1.96. The van der Waals surface area contributed by atoms with E-state index in [0.29, 0.717) is 18.4 Å². The molecule has 0 spiro atoms. The summed E-state index contributed by atoms with van der Waals surface area (Å²) in [5, 5.41) is 2.00. The summed E-state index contributed by atoms with van der Waals surface area (Å²) in [5.74, 6) is -0.596. The highest BCUT2D eigenvalue weighted by Gasteiger charge is 2.48. The Morgan fingerprint density at radius 1 is 1.27 bits per heavy atom. The van der Waals surface area contributed by atoms with Crippen molar-refractivity contribution < 1.29 is 14.3 Å². The van der Waals surface area contributed by atoms with Gasteiger partial charge >= 0.3 is 5.97 Å². The molecular formula is C23H27N3O3S. The first kappa shape index (κ1) is 20.6. The summed E-state index contributed by atoms with van der Waals surface area (Å²) in [6.45, 7) is 8.79. The fraction of sp³-hybridized carbons (Fsp3) is 0.435. The summed E-state index contributed by atoms with van der Waals surface area (Å²) in [7, 11) is 0. The van der Waals surface area contributed by atoms with Gasteiger partial charge in [0, 0.05) is 11.4 Å². The number of benzene rings is 1. The van der Waals surface area contributed by atoms with Gasteiger partial charge in [-0.15, -0.1) is 11.3 Å². The fourth-order valence-electron chi connectivity index (χ4n) is 4.06. The maximum Gasteiger partial charge on any atom is 0.321 e. The predicted octanol–water partition coefficient (Wildman–Crippen LogP) is 4.57. The number of aromatic nitrogens is 2. The number of nitrogens with zero attached hydrogens (tertiary/aromatic N) is 3. The molecule has 1 aliphatic rings. The van der Waals surface area contributed by atoms with E-state index in [9.17, 15) is 9.59 Å². The molecule has 7 heteroatoms. The third kappa shape index (κ3) is 3.41. The summed E-state index contributed by atoms with van der Waals surface area (Å²) in [6.07, 6.45) is 0.827. The molecule has 0 unspecified atom stereocenters. The van der Waals surface area contributed by atoms with Crippen molar-refractivity contribution in [2.24, 2.45) is 11.8 Å². The molecule has 6 nitrogen and oxygen atoms in total. The lowest BCUT2D eigenvalue weighted by Crippen LogP contribution is -2.50. The van der Waals surface area contributed by atoms with E-state index in [-0.39, 0.29) is 12.5 Å². The molecule has 1 aromatic carbocycles. The molecule has 3 heterocycles. The minimum Gasteiger partial charge on any atom is -0.465 e. The van der Waals surface area contributed by atoms with Crippen LogP contribution in [0.25, 0.3) is 11.0 Å². The number of esters is 1. The molecule has 30 heavy (non-hydrogen) atoms. The number of carbonyl (C=O) groups excluding carboxylic acids is 2. The number of carbonyl (C=O) groups is 2. The first-order valence-corrected chi connectivity index (χ1v) is 11.3. The molecule has 0 saturated heterocycles. The van der Waals surface area contributed by atoms with Crippen LogP contribution in [0, 0.1) is 18.8 Å². The maximum atomic E-state index is 13.7. The monoisotopic (exact) mass is 425 g/mol. The second kappa shape index (κ2) is 8.22. The number of para-hydroxylation sites is 2. The van der Waals surface area contributed by atoms with E-state index in [4.69, 9.17) is 9.72 Å². The number of anilines is 1. The standard InChI is InChI=1S/C23H27N3O3S/c1-5-29-22(28)18-19(20-15(4)11-13-30-20)26-17-9-7-6-8-16(17)24-23(26)25(21(18)27)12-10-14(2)3/h6-9,11,13-14,18-19H,5,10,12H2,1-4H3/t18-,19-/m0/s1. The van der Waals surface area contributed by atoms with E-state index < -0.39 is 17.9 Å². The molecule has 2 atom stereocenters. The summed E-state index contributed by atoms with van der Waals surface area (Å²) in [6, 6.07) is 9.41. The molecule has 2 aromatic heterocycles. The Labute approximate surface area is 180 Å². The van der Waals surface area contributed by atoms with Crippen LogP contribution in [0.2, 0.25) is 0 Å². The van der Waals surface area contributed by atoms with Gasteiger partial charge < -0.3 is 4.74 Å². The molecule has 0 aliphatic carbocycles. The zero-order chi connectivity index (χ0) is 21.4. The molecule has 1 aliphatic heterocycles. The Bertz CT molecular complexity index is 1080. The van der Waals surface area contributed by atoms with Gasteiger partial charge in [-0.25, -0.2) is 4.98 Å². The molecule has 0 saturated carbocycles. The van der Waals surface area contributed by atoms with Crippen LogP contribution < -0.4 is 4.90 Å². The van der Waals surface area contributed by atoms with Crippen LogP contribution in [0.15, 0.2) is 35.7 Å². The summed E-state index contributed by atoms with van der Waals surface area (Å²) >= 11 is 1.57. The van der Waals surface area contributed by atoms with Crippen molar-refractivity contribution in [1.82, 2.24) is 9.55 Å². The van der Waals surface area contributed by atoms with Crippen LogP contribution in [-0.4, -0.2) is 34.6 Å². The van der Waals surface area contributed by atoms with Crippen molar-refractivity contribution >= 4 is 40.2 Å². The molecule has 4 rings (SSSR count). The molecule has 0 N–H and O–H groups in total. The molecule has 3 aromatic rings. The van der Waals surface area contributed by atoms with E-state index in [1.165, 1.54) is 0 Å². The quantitative estimate of drug-likeness (QED) is 0.429. The predicted molar refractivity (Wildman–Crippen MR) is 119 cm³/mol. The zero-order valence-electron chi connectivity index (χ0n) is 17.8. The minimum absolute atomic E-state index is 0.227. The molecule has 158 valence electrons. The number of hydrogen-bond donors (Lipinski definition) is 0. The summed E-state index contributed by atoms with van der Waals surface area (Å²) in [4.78, 5) is 34.3. The lowest BCUT2D eigenvalue weighted by molar-refractivity contribution is -0.153. The number of thiophene rings is 1. The highest BCUT2D eigenvalue weighted by Crippen LogP contribution is 2.43. The van der Waals surface area contributed by atoms with Crippen molar-refractivity contribution in [3.63, 3.8) is 0 Å². The van der Waals surface area contributed by atoms with Gasteiger partial charge in [-0.2, -0.15) is 0 Å². The van der Waals surface area contributed by atoms with Crippen molar-refractivity contribution in [2.75, 3.05) is 18.1 Å². The number of rotatable bonds is 6. The van der Waals surface area contributed by atoms with E-state index in [1.807, 2.05) is 42.6 Å². The average molecular weight is 426 g/mol. The SMILES string of the molecule is CCOC(=O)[C@@H]1C(=O)N(CCC(C)C)c2nc3ccccc3n2[C@@H]1c1sccc1C. The molecule has 0 radical (unpaired) electrons. The number of fused-ring (bicyclic) bond motifs is 3. The second-order valence-corrected chi connectivity index (χ2v) is 9.03. The largest absolute Gasteiger partial charge is 0.465 e. The number of imidazole rings is 1. The zero-order valence-corrected chi connectivity index (χ0v) is 18.6. The number of amides is 1. The van der Waals surface area contributed by atoms with Crippen molar-refractivity contribution in [2.45, 2.75) is 40.2 Å². The number of ether oxygens (including phenoxy) is 1. The highest BCUT2D eigenvalue weighted by atomic mass is 32.1.